The molecule has 17 heavy (non-hydrogen) atoms. The van der Waals surface area contributed by atoms with Gasteiger partial charge >= 0.3 is 0 Å². The van der Waals surface area contributed by atoms with Gasteiger partial charge in [0.1, 0.15) is 17.0 Å². The highest BCUT2D eigenvalue weighted by molar-refractivity contribution is 5.42. The number of fused-ring (bicyclic) bond motifs is 1. The molecule has 3 rings (SSSR count). The van der Waals surface area contributed by atoms with Gasteiger partial charge in [0.05, 0.1) is 0 Å². The third-order valence-electron chi connectivity index (χ3n) is 3.82. The molecule has 0 radical (unpaired) electrons. The molecule has 0 aliphatic carbocycles. The Labute approximate surface area is 102 Å². The van der Waals surface area contributed by atoms with Crippen LogP contribution in [-0.4, -0.2) is 23.8 Å². The number of β-amino-alcohol motifs (C(OH)–C–C–N with tert-alkyl or cyclic N) is 1. The van der Waals surface area contributed by atoms with Crippen LogP contribution in [0.3, 0.4) is 0 Å². The number of benzene rings is 1. The second kappa shape index (κ2) is 3.47. The van der Waals surface area contributed by atoms with E-state index in [4.69, 9.17) is 4.74 Å². The Hall–Kier alpha value is -1.06. The van der Waals surface area contributed by atoms with E-state index in [1.54, 1.807) is 0 Å². The van der Waals surface area contributed by atoms with Crippen molar-refractivity contribution < 1.29 is 9.84 Å². The fourth-order valence-electron chi connectivity index (χ4n) is 2.51. The van der Waals surface area contributed by atoms with E-state index in [-0.39, 0.29) is 5.60 Å². The minimum atomic E-state index is -0.665. The molecule has 0 atom stereocenters. The fourth-order valence-corrected chi connectivity index (χ4v) is 2.51. The Kier molecular flexibility index (Phi) is 2.25. The van der Waals surface area contributed by atoms with Gasteiger partial charge in [-0.25, -0.2) is 0 Å². The van der Waals surface area contributed by atoms with Crippen molar-refractivity contribution in [2.45, 2.75) is 37.9 Å². The van der Waals surface area contributed by atoms with E-state index < -0.39 is 5.60 Å². The van der Waals surface area contributed by atoms with Crippen LogP contribution >= 0.6 is 0 Å². The van der Waals surface area contributed by atoms with E-state index in [1.807, 2.05) is 12.1 Å². The predicted molar refractivity (Wildman–Crippen MR) is 66.2 cm³/mol. The molecule has 0 saturated carbocycles. The summed E-state index contributed by atoms with van der Waals surface area (Å²) in [4.78, 5) is 0. The van der Waals surface area contributed by atoms with Gasteiger partial charge in [-0.2, -0.15) is 0 Å². The summed E-state index contributed by atoms with van der Waals surface area (Å²) in [5.74, 6) is 0.973. The molecule has 0 aromatic heterocycles. The zero-order valence-corrected chi connectivity index (χ0v) is 10.4. The lowest BCUT2D eigenvalue weighted by atomic mass is 9.85. The Morgan fingerprint density at radius 1 is 1.29 bits per heavy atom. The Balaban J connectivity index is 1.93. The zero-order valence-electron chi connectivity index (χ0n) is 10.4. The van der Waals surface area contributed by atoms with Gasteiger partial charge in [0.25, 0.3) is 0 Å². The quantitative estimate of drug-likeness (QED) is 0.774. The first-order valence-corrected chi connectivity index (χ1v) is 6.24. The molecular weight excluding hydrogens is 214 g/mol. The highest BCUT2D eigenvalue weighted by Gasteiger charge is 2.37. The van der Waals surface area contributed by atoms with Crippen molar-refractivity contribution in [1.29, 1.82) is 0 Å². The van der Waals surface area contributed by atoms with Crippen molar-refractivity contribution in [2.24, 2.45) is 0 Å². The van der Waals surface area contributed by atoms with Crippen molar-refractivity contribution in [1.82, 2.24) is 5.32 Å². The molecule has 2 N–H and O–H groups in total. The lowest BCUT2D eigenvalue weighted by Gasteiger charge is -2.39. The van der Waals surface area contributed by atoms with Crippen molar-refractivity contribution in [3.63, 3.8) is 0 Å². The minimum absolute atomic E-state index is 0.0660. The molecule has 1 aromatic carbocycles. The smallest absolute Gasteiger partial charge is 0.123 e. The summed E-state index contributed by atoms with van der Waals surface area (Å²) < 4.78 is 5.94. The topological polar surface area (TPSA) is 41.5 Å². The van der Waals surface area contributed by atoms with Crippen molar-refractivity contribution >= 4 is 0 Å². The normalized spacial score (nSPS) is 24.4. The van der Waals surface area contributed by atoms with Crippen LogP contribution in [0, 0.1) is 0 Å². The summed E-state index contributed by atoms with van der Waals surface area (Å²) in [5, 5.41) is 13.4. The first-order chi connectivity index (χ1) is 7.99. The maximum absolute atomic E-state index is 10.3. The highest BCUT2D eigenvalue weighted by Crippen LogP contribution is 2.36. The molecule has 1 fully saturated rings. The molecule has 3 heteroatoms. The summed E-state index contributed by atoms with van der Waals surface area (Å²) in [6.45, 7) is 5.54. The van der Waals surface area contributed by atoms with Crippen molar-refractivity contribution in [2.75, 3.05) is 13.1 Å². The molecule has 2 heterocycles. The fraction of sp³-hybridized carbons (Fsp3) is 0.571. The maximum atomic E-state index is 10.3. The molecule has 2 aliphatic rings. The number of hydrogen-bond donors (Lipinski definition) is 2. The molecule has 0 bridgehead atoms. The summed E-state index contributed by atoms with van der Waals surface area (Å²) in [5.41, 5.74) is 1.51. The Morgan fingerprint density at radius 3 is 2.71 bits per heavy atom. The van der Waals surface area contributed by atoms with E-state index in [1.165, 1.54) is 5.56 Å². The number of hydrogen-bond acceptors (Lipinski definition) is 3. The van der Waals surface area contributed by atoms with Crippen LogP contribution in [0.5, 0.6) is 5.75 Å². The van der Waals surface area contributed by atoms with Gasteiger partial charge in [0.15, 0.2) is 0 Å². The van der Waals surface area contributed by atoms with E-state index in [0.29, 0.717) is 13.1 Å². The highest BCUT2D eigenvalue weighted by atomic mass is 16.5. The van der Waals surface area contributed by atoms with Gasteiger partial charge < -0.3 is 15.2 Å². The molecule has 92 valence electrons. The van der Waals surface area contributed by atoms with Crippen LogP contribution in [0.4, 0.5) is 0 Å². The lowest BCUT2D eigenvalue weighted by Crippen LogP contribution is -2.56. The lowest BCUT2D eigenvalue weighted by molar-refractivity contribution is -0.0149. The third kappa shape index (κ3) is 1.83. The Bertz CT molecular complexity index is 450. The molecule has 0 amide bonds. The van der Waals surface area contributed by atoms with Gasteiger partial charge in [-0.15, -0.1) is 0 Å². The number of nitrogens with one attached hydrogen (secondary N) is 1. The van der Waals surface area contributed by atoms with E-state index in [0.717, 1.165) is 24.2 Å². The SMILES string of the molecule is CC1(C)CCc2cc(C3(O)CNC3)ccc2O1. The summed E-state index contributed by atoms with van der Waals surface area (Å²) in [6, 6.07) is 6.09. The summed E-state index contributed by atoms with van der Waals surface area (Å²) >= 11 is 0. The van der Waals surface area contributed by atoms with Gasteiger partial charge in [0.2, 0.25) is 0 Å². The summed E-state index contributed by atoms with van der Waals surface area (Å²) in [7, 11) is 0. The Morgan fingerprint density at radius 2 is 2.06 bits per heavy atom. The molecular formula is C14H19NO2. The third-order valence-corrected chi connectivity index (χ3v) is 3.82. The van der Waals surface area contributed by atoms with E-state index in [9.17, 15) is 5.11 Å². The van der Waals surface area contributed by atoms with Gasteiger partial charge in [0, 0.05) is 13.1 Å². The molecule has 1 saturated heterocycles. The van der Waals surface area contributed by atoms with E-state index in [2.05, 4.69) is 25.2 Å². The molecule has 3 nitrogen and oxygen atoms in total. The van der Waals surface area contributed by atoms with Crippen LogP contribution in [0.25, 0.3) is 0 Å². The average molecular weight is 233 g/mol. The maximum Gasteiger partial charge on any atom is 0.123 e. The first-order valence-electron chi connectivity index (χ1n) is 6.24. The molecule has 0 spiro atoms. The number of aryl methyl sites for hydroxylation is 1. The van der Waals surface area contributed by atoms with Crippen LogP contribution in [0.1, 0.15) is 31.4 Å². The standard InChI is InChI=1S/C14H19NO2/c1-13(2)6-5-10-7-11(3-4-12(10)17-13)14(16)8-15-9-14/h3-4,7,15-16H,5-6,8-9H2,1-2H3. The van der Waals surface area contributed by atoms with Crippen molar-refractivity contribution in [3.8, 4) is 5.75 Å². The van der Waals surface area contributed by atoms with E-state index >= 15 is 0 Å². The van der Waals surface area contributed by atoms with Gasteiger partial charge in [-0.3, -0.25) is 0 Å². The van der Waals surface area contributed by atoms with Crippen LogP contribution in [-0.2, 0) is 12.0 Å². The summed E-state index contributed by atoms with van der Waals surface area (Å²) in [6.07, 6.45) is 2.06. The van der Waals surface area contributed by atoms with Crippen LogP contribution < -0.4 is 10.1 Å². The first kappa shape index (κ1) is 11.1. The predicted octanol–water partition coefficient (Wildman–Crippen LogP) is 1.58. The van der Waals surface area contributed by atoms with Gasteiger partial charge in [-0.1, -0.05) is 6.07 Å². The van der Waals surface area contributed by atoms with Crippen LogP contribution in [0.2, 0.25) is 0 Å². The molecule has 0 unspecified atom stereocenters. The second-order valence-corrected chi connectivity index (χ2v) is 5.82. The monoisotopic (exact) mass is 233 g/mol. The minimum Gasteiger partial charge on any atom is -0.488 e. The van der Waals surface area contributed by atoms with Gasteiger partial charge in [-0.05, 0) is 49.9 Å². The molecule has 1 aromatic rings. The zero-order chi connectivity index (χ0) is 12.1. The number of ether oxygens (including phenoxy) is 1. The second-order valence-electron chi connectivity index (χ2n) is 5.82. The van der Waals surface area contributed by atoms with Crippen LogP contribution in [0.15, 0.2) is 18.2 Å². The molecule has 2 aliphatic heterocycles. The largest absolute Gasteiger partial charge is 0.488 e. The average Bonchev–Trinajstić information content (AvgIpc) is 2.24. The van der Waals surface area contributed by atoms with Crippen molar-refractivity contribution in [3.05, 3.63) is 29.3 Å². The number of aliphatic hydroxyl groups is 1. The number of rotatable bonds is 1.